The van der Waals surface area contributed by atoms with Crippen molar-refractivity contribution in [2.75, 3.05) is 5.73 Å². The summed E-state index contributed by atoms with van der Waals surface area (Å²) in [7, 11) is 0. The van der Waals surface area contributed by atoms with Gasteiger partial charge in [0.2, 0.25) is 0 Å². The van der Waals surface area contributed by atoms with Crippen molar-refractivity contribution >= 4 is 28.5 Å². The number of nitrogens with two attached hydrogens (primary N) is 1. The highest BCUT2D eigenvalue weighted by Crippen LogP contribution is 2.24. The van der Waals surface area contributed by atoms with Crippen LogP contribution in [-0.4, -0.2) is 24.3 Å². The topological polar surface area (TPSA) is 115 Å². The Labute approximate surface area is 186 Å². The molecule has 5 aromatic rings. The third kappa shape index (κ3) is 3.27. The second-order valence-electron chi connectivity index (χ2n) is 6.98. The maximum atomic E-state index is 13.6. The Balaban J connectivity index is 1.83. The average molecular weight is 440 g/mol. The van der Waals surface area contributed by atoms with Crippen LogP contribution in [0, 0.1) is 11.3 Å². The summed E-state index contributed by atoms with van der Waals surface area (Å²) < 4.78 is 3.03. The Morgan fingerprint density at radius 3 is 2.53 bits per heavy atom. The minimum absolute atomic E-state index is 0.299. The van der Waals surface area contributed by atoms with Gasteiger partial charge in [0.1, 0.15) is 11.2 Å². The normalized spacial score (nSPS) is 10.9. The van der Waals surface area contributed by atoms with Crippen LogP contribution in [0.1, 0.15) is 5.56 Å². The summed E-state index contributed by atoms with van der Waals surface area (Å²) in [5, 5.41) is 14.5. The summed E-state index contributed by atoms with van der Waals surface area (Å²) >= 11 is 6.04. The molecule has 0 radical (unpaired) electrons. The zero-order chi connectivity index (χ0) is 22.2. The van der Waals surface area contributed by atoms with E-state index in [1.807, 2.05) is 0 Å². The van der Waals surface area contributed by atoms with Crippen molar-refractivity contribution in [3.63, 3.8) is 0 Å². The molecule has 0 fully saturated rings. The van der Waals surface area contributed by atoms with Crippen molar-refractivity contribution in [1.29, 1.82) is 5.26 Å². The number of pyridine rings is 1. The third-order valence-electron chi connectivity index (χ3n) is 4.95. The quantitative estimate of drug-likeness (QED) is 0.457. The van der Waals surface area contributed by atoms with Gasteiger partial charge in [-0.05, 0) is 54.6 Å². The van der Waals surface area contributed by atoms with E-state index in [1.165, 1.54) is 15.4 Å². The van der Waals surface area contributed by atoms with Crippen LogP contribution in [0.25, 0.3) is 33.8 Å². The number of nitrogen functional groups attached to an aromatic ring is 1. The van der Waals surface area contributed by atoms with E-state index in [0.717, 1.165) is 0 Å². The van der Waals surface area contributed by atoms with Crippen LogP contribution in [-0.2, 0) is 0 Å². The first-order valence-electron chi connectivity index (χ1n) is 9.54. The van der Waals surface area contributed by atoms with Gasteiger partial charge in [0.25, 0.3) is 5.56 Å². The number of rotatable bonds is 3. The molecule has 0 unspecified atom stereocenters. The molecule has 0 spiro atoms. The molecule has 0 saturated heterocycles. The zero-order valence-electron chi connectivity index (χ0n) is 16.5. The number of anilines is 1. The van der Waals surface area contributed by atoms with Crippen LogP contribution in [0.15, 0.2) is 77.9 Å². The second kappa shape index (κ2) is 7.65. The minimum Gasteiger partial charge on any atom is -0.384 e. The molecule has 2 aromatic carbocycles. The molecule has 8 nitrogen and oxygen atoms in total. The number of hydrogen-bond donors (Lipinski definition) is 1. The van der Waals surface area contributed by atoms with E-state index >= 15 is 0 Å². The third-order valence-corrected chi connectivity index (χ3v) is 5.20. The number of halogens is 1. The number of benzene rings is 2. The molecule has 0 saturated carbocycles. The van der Waals surface area contributed by atoms with Crippen molar-refractivity contribution in [3.05, 3.63) is 94.0 Å². The minimum atomic E-state index is -0.299. The number of hydrogen-bond acceptors (Lipinski definition) is 6. The van der Waals surface area contributed by atoms with Crippen molar-refractivity contribution in [2.24, 2.45) is 0 Å². The molecule has 2 N–H and O–H groups in total. The molecule has 154 valence electrons. The maximum absolute atomic E-state index is 13.6. The van der Waals surface area contributed by atoms with Crippen LogP contribution in [0.4, 0.5) is 5.82 Å². The second-order valence-corrected chi connectivity index (χ2v) is 7.42. The number of nitrogens with zero attached hydrogens (tertiary/aromatic N) is 6. The van der Waals surface area contributed by atoms with Crippen LogP contribution in [0.5, 0.6) is 0 Å². The molecule has 3 aromatic heterocycles. The van der Waals surface area contributed by atoms with E-state index < -0.39 is 0 Å². The molecule has 9 heteroatoms. The van der Waals surface area contributed by atoms with E-state index in [4.69, 9.17) is 22.3 Å². The van der Waals surface area contributed by atoms with Gasteiger partial charge in [0, 0.05) is 16.8 Å². The van der Waals surface area contributed by atoms with Crippen molar-refractivity contribution < 1.29 is 0 Å². The number of fused-ring (bicyclic) bond motifs is 1. The van der Waals surface area contributed by atoms with E-state index in [-0.39, 0.29) is 5.56 Å². The van der Waals surface area contributed by atoms with Crippen molar-refractivity contribution in [1.82, 2.24) is 24.3 Å². The fraction of sp³-hybridized carbons (Fsp3) is 0. The van der Waals surface area contributed by atoms with Crippen molar-refractivity contribution in [2.45, 2.75) is 0 Å². The van der Waals surface area contributed by atoms with Gasteiger partial charge in [-0.15, -0.1) is 0 Å². The SMILES string of the molecule is N#Cc1cccc(-n2ncc3c(=O)n(-c4ccc(Cl)cc4)c(-c4ccc(N)nc4)nc32)c1. The molecule has 0 aliphatic carbocycles. The molecular weight excluding hydrogens is 426 g/mol. The van der Waals surface area contributed by atoms with Crippen LogP contribution in [0.3, 0.4) is 0 Å². The van der Waals surface area contributed by atoms with Crippen LogP contribution < -0.4 is 11.3 Å². The van der Waals surface area contributed by atoms with E-state index in [9.17, 15) is 10.1 Å². The summed E-state index contributed by atoms with van der Waals surface area (Å²) in [6.45, 7) is 0. The lowest BCUT2D eigenvalue weighted by molar-refractivity contribution is 0.888. The lowest BCUT2D eigenvalue weighted by Crippen LogP contribution is -2.22. The first-order valence-corrected chi connectivity index (χ1v) is 9.92. The van der Waals surface area contributed by atoms with Gasteiger partial charge < -0.3 is 5.73 Å². The smallest absolute Gasteiger partial charge is 0.269 e. The van der Waals surface area contributed by atoms with Gasteiger partial charge in [-0.2, -0.15) is 10.4 Å². The predicted octanol–water partition coefficient (Wildman–Crippen LogP) is 3.74. The monoisotopic (exact) mass is 439 g/mol. The van der Waals surface area contributed by atoms with Crippen LogP contribution in [0.2, 0.25) is 5.02 Å². The molecular formula is C23H14ClN7O. The molecule has 5 rings (SSSR count). The van der Waals surface area contributed by atoms with E-state index in [1.54, 1.807) is 66.9 Å². The van der Waals surface area contributed by atoms with E-state index in [0.29, 0.717) is 50.2 Å². The van der Waals surface area contributed by atoms with E-state index in [2.05, 4.69) is 16.2 Å². The van der Waals surface area contributed by atoms with Crippen molar-refractivity contribution in [3.8, 4) is 28.8 Å². The highest BCUT2D eigenvalue weighted by atomic mass is 35.5. The maximum Gasteiger partial charge on any atom is 0.269 e. The standard InChI is InChI=1S/C23H14ClN7O/c24-16-5-7-17(8-6-16)30-21(15-4-9-20(26)27-12-15)29-22-19(23(30)32)13-28-31(22)18-3-1-2-14(10-18)11-25/h1-10,12-13H,(H2,26,27). The first kappa shape index (κ1) is 19.5. The highest BCUT2D eigenvalue weighted by Gasteiger charge is 2.19. The molecule has 32 heavy (non-hydrogen) atoms. The average Bonchev–Trinajstić information content (AvgIpc) is 3.25. The largest absolute Gasteiger partial charge is 0.384 e. The molecule has 0 atom stereocenters. The number of aromatic nitrogens is 5. The Hall–Kier alpha value is -4.48. The van der Waals surface area contributed by atoms with Gasteiger partial charge in [-0.3, -0.25) is 9.36 Å². The van der Waals surface area contributed by atoms with Gasteiger partial charge in [-0.1, -0.05) is 17.7 Å². The summed E-state index contributed by atoms with van der Waals surface area (Å²) in [5.74, 6) is 0.726. The van der Waals surface area contributed by atoms with Crippen LogP contribution >= 0.6 is 11.6 Å². The highest BCUT2D eigenvalue weighted by molar-refractivity contribution is 6.30. The fourth-order valence-corrected chi connectivity index (χ4v) is 3.55. The summed E-state index contributed by atoms with van der Waals surface area (Å²) in [4.78, 5) is 22.5. The first-order chi connectivity index (χ1) is 15.5. The molecule has 0 amide bonds. The molecule has 0 aliphatic heterocycles. The van der Waals surface area contributed by atoms with Gasteiger partial charge in [0.05, 0.1) is 29.2 Å². The van der Waals surface area contributed by atoms with Gasteiger partial charge >= 0.3 is 0 Å². The Morgan fingerprint density at radius 2 is 1.81 bits per heavy atom. The summed E-state index contributed by atoms with van der Waals surface area (Å²) in [6.07, 6.45) is 3.04. The predicted molar refractivity (Wildman–Crippen MR) is 122 cm³/mol. The Morgan fingerprint density at radius 1 is 1.00 bits per heavy atom. The summed E-state index contributed by atoms with van der Waals surface area (Å²) in [5.41, 5.74) is 8.11. The summed E-state index contributed by atoms with van der Waals surface area (Å²) in [6, 6.07) is 19.3. The molecule has 0 bridgehead atoms. The molecule has 3 heterocycles. The lowest BCUT2D eigenvalue weighted by Gasteiger charge is -2.13. The van der Waals surface area contributed by atoms with Gasteiger partial charge in [0.15, 0.2) is 11.5 Å². The Kier molecular flexibility index (Phi) is 4.66. The zero-order valence-corrected chi connectivity index (χ0v) is 17.2. The lowest BCUT2D eigenvalue weighted by atomic mass is 10.2. The number of nitriles is 1. The molecule has 0 aliphatic rings. The van der Waals surface area contributed by atoms with Gasteiger partial charge in [-0.25, -0.2) is 14.6 Å². The Bertz CT molecular complexity index is 1560. The fourth-order valence-electron chi connectivity index (χ4n) is 3.42.